The first-order valence-electron chi connectivity index (χ1n) is 4.31. The second-order valence-electron chi connectivity index (χ2n) is 3.27. The zero-order valence-corrected chi connectivity index (χ0v) is 9.98. The number of alkyl halides is 1. The van der Waals surface area contributed by atoms with Gasteiger partial charge in [0.25, 0.3) is 0 Å². The van der Waals surface area contributed by atoms with Gasteiger partial charge in [0.15, 0.2) is 0 Å². The summed E-state index contributed by atoms with van der Waals surface area (Å²) in [6, 6.07) is 1.91. The average Bonchev–Trinajstić information content (AvgIpc) is 2.13. The van der Waals surface area contributed by atoms with E-state index >= 15 is 0 Å². The highest BCUT2D eigenvalue weighted by molar-refractivity contribution is 7.89. The molecule has 0 aromatic rings. The second kappa shape index (κ2) is 6.23. The van der Waals surface area contributed by atoms with E-state index in [2.05, 4.69) is 0 Å². The maximum Gasteiger partial charge on any atom is 0.214 e. The van der Waals surface area contributed by atoms with Crippen molar-refractivity contribution >= 4 is 21.6 Å². The molecule has 1 unspecified atom stereocenters. The summed E-state index contributed by atoms with van der Waals surface area (Å²) in [5.74, 6) is 0.301. The van der Waals surface area contributed by atoms with Crippen molar-refractivity contribution in [2.24, 2.45) is 5.92 Å². The summed E-state index contributed by atoms with van der Waals surface area (Å²) in [5, 5.41) is 8.32. The third kappa shape index (κ3) is 4.80. The van der Waals surface area contributed by atoms with Crippen LogP contribution in [-0.4, -0.2) is 37.9 Å². The van der Waals surface area contributed by atoms with E-state index in [1.807, 2.05) is 6.07 Å². The fraction of sp³-hybridized carbons (Fsp3) is 0.875. The molecule has 0 aliphatic heterocycles. The van der Waals surface area contributed by atoms with E-state index in [-0.39, 0.29) is 24.6 Å². The van der Waals surface area contributed by atoms with Crippen molar-refractivity contribution in [3.8, 4) is 6.07 Å². The van der Waals surface area contributed by atoms with Gasteiger partial charge in [0.2, 0.25) is 10.0 Å². The Kier molecular flexibility index (Phi) is 6.09. The van der Waals surface area contributed by atoms with E-state index in [1.165, 1.54) is 11.4 Å². The Morgan fingerprint density at radius 2 is 2.14 bits per heavy atom. The highest BCUT2D eigenvalue weighted by atomic mass is 35.5. The second-order valence-corrected chi connectivity index (χ2v) is 5.70. The van der Waals surface area contributed by atoms with Gasteiger partial charge in [-0.25, -0.2) is 12.7 Å². The van der Waals surface area contributed by atoms with Crippen molar-refractivity contribution in [2.45, 2.75) is 13.3 Å². The van der Waals surface area contributed by atoms with Crippen LogP contribution in [0.25, 0.3) is 0 Å². The van der Waals surface area contributed by atoms with Gasteiger partial charge in [-0.2, -0.15) is 5.26 Å². The monoisotopic (exact) mass is 238 g/mol. The molecular formula is C8H15ClN2O2S. The van der Waals surface area contributed by atoms with Gasteiger partial charge in [-0.15, -0.1) is 11.6 Å². The van der Waals surface area contributed by atoms with E-state index in [0.717, 1.165) is 0 Å². The molecule has 0 aromatic carbocycles. The van der Waals surface area contributed by atoms with Crippen LogP contribution < -0.4 is 0 Å². The Morgan fingerprint density at radius 3 is 2.57 bits per heavy atom. The van der Waals surface area contributed by atoms with Gasteiger partial charge in [0, 0.05) is 25.9 Å². The molecule has 82 valence electrons. The van der Waals surface area contributed by atoms with Crippen molar-refractivity contribution < 1.29 is 8.42 Å². The first kappa shape index (κ1) is 13.7. The minimum absolute atomic E-state index is 0.0401. The summed E-state index contributed by atoms with van der Waals surface area (Å²) in [4.78, 5) is 0. The SMILES string of the molecule is CC(CCl)CS(=O)(=O)N(C)CCC#N. The van der Waals surface area contributed by atoms with E-state index in [4.69, 9.17) is 16.9 Å². The van der Waals surface area contributed by atoms with Gasteiger partial charge in [-0.1, -0.05) is 6.92 Å². The third-order valence-corrected chi connectivity index (χ3v) is 4.42. The van der Waals surface area contributed by atoms with E-state index in [1.54, 1.807) is 6.92 Å². The van der Waals surface area contributed by atoms with Gasteiger partial charge < -0.3 is 0 Å². The molecule has 0 amide bonds. The fourth-order valence-electron chi connectivity index (χ4n) is 0.878. The molecular weight excluding hydrogens is 224 g/mol. The third-order valence-electron chi connectivity index (χ3n) is 1.77. The van der Waals surface area contributed by atoms with E-state index < -0.39 is 10.0 Å². The van der Waals surface area contributed by atoms with Crippen LogP contribution in [0.5, 0.6) is 0 Å². The highest BCUT2D eigenvalue weighted by Gasteiger charge is 2.20. The van der Waals surface area contributed by atoms with Crippen molar-refractivity contribution in [2.75, 3.05) is 25.2 Å². The molecule has 6 heteroatoms. The molecule has 0 N–H and O–H groups in total. The van der Waals surface area contributed by atoms with Gasteiger partial charge in [0.1, 0.15) is 0 Å². The molecule has 0 spiro atoms. The summed E-state index contributed by atoms with van der Waals surface area (Å²) in [7, 11) is -1.77. The number of nitrogens with zero attached hydrogens (tertiary/aromatic N) is 2. The molecule has 1 atom stereocenters. The maximum absolute atomic E-state index is 11.6. The molecule has 4 nitrogen and oxygen atoms in total. The predicted octanol–water partition coefficient (Wildman–Crippen LogP) is 1.04. The molecule has 0 aliphatic rings. The molecule has 0 radical (unpaired) electrons. The van der Waals surface area contributed by atoms with Gasteiger partial charge in [0.05, 0.1) is 11.8 Å². The quantitative estimate of drug-likeness (QED) is 0.650. The standard InChI is InChI=1S/C8H15ClN2O2S/c1-8(6-9)7-14(12,13)11(2)5-3-4-10/h8H,3,5-7H2,1-2H3. The number of halogens is 1. The lowest BCUT2D eigenvalue weighted by Gasteiger charge is -2.17. The minimum Gasteiger partial charge on any atom is -0.212 e. The lowest BCUT2D eigenvalue weighted by molar-refractivity contribution is 0.469. The number of sulfonamides is 1. The Bertz CT molecular complexity index is 297. The summed E-state index contributed by atoms with van der Waals surface area (Å²) in [6.45, 7) is 2.02. The molecule has 0 bridgehead atoms. The first-order valence-corrected chi connectivity index (χ1v) is 6.45. The van der Waals surface area contributed by atoms with E-state index in [0.29, 0.717) is 5.88 Å². The molecule has 0 saturated carbocycles. The molecule has 0 saturated heterocycles. The summed E-state index contributed by atoms with van der Waals surface area (Å²) in [5.41, 5.74) is 0. The number of hydrogen-bond acceptors (Lipinski definition) is 3. The minimum atomic E-state index is -3.25. The lowest BCUT2D eigenvalue weighted by Crippen LogP contribution is -2.32. The zero-order chi connectivity index (χ0) is 11.2. The van der Waals surface area contributed by atoms with E-state index in [9.17, 15) is 8.42 Å². The normalized spacial score (nSPS) is 13.9. The Labute approximate surface area is 90.5 Å². The van der Waals surface area contributed by atoms with Crippen LogP contribution in [0.15, 0.2) is 0 Å². The van der Waals surface area contributed by atoms with Gasteiger partial charge >= 0.3 is 0 Å². The summed E-state index contributed by atoms with van der Waals surface area (Å²) in [6.07, 6.45) is 0.213. The molecule has 14 heavy (non-hydrogen) atoms. The van der Waals surface area contributed by atoms with Gasteiger partial charge in [-0.05, 0) is 5.92 Å². The molecule has 0 aromatic heterocycles. The predicted molar refractivity (Wildman–Crippen MR) is 56.5 cm³/mol. The van der Waals surface area contributed by atoms with Crippen LogP contribution in [0.3, 0.4) is 0 Å². The Balaban J connectivity index is 4.25. The summed E-state index contributed by atoms with van der Waals surface area (Å²) >= 11 is 5.53. The van der Waals surface area contributed by atoms with Crippen LogP contribution in [0.1, 0.15) is 13.3 Å². The number of rotatable bonds is 6. The molecule has 0 aliphatic carbocycles. The zero-order valence-electron chi connectivity index (χ0n) is 8.40. The lowest BCUT2D eigenvalue weighted by atomic mass is 10.3. The van der Waals surface area contributed by atoms with Crippen LogP contribution in [-0.2, 0) is 10.0 Å². The summed E-state index contributed by atoms with van der Waals surface area (Å²) < 4.78 is 24.3. The molecule has 0 fully saturated rings. The highest BCUT2D eigenvalue weighted by Crippen LogP contribution is 2.07. The van der Waals surface area contributed by atoms with Gasteiger partial charge in [-0.3, -0.25) is 0 Å². The largest absolute Gasteiger partial charge is 0.214 e. The smallest absolute Gasteiger partial charge is 0.212 e. The van der Waals surface area contributed by atoms with Crippen molar-refractivity contribution in [3.63, 3.8) is 0 Å². The fourth-order valence-corrected chi connectivity index (χ4v) is 2.58. The van der Waals surface area contributed by atoms with Crippen LogP contribution in [0, 0.1) is 17.2 Å². The van der Waals surface area contributed by atoms with Crippen LogP contribution in [0.4, 0.5) is 0 Å². The topological polar surface area (TPSA) is 61.2 Å². The van der Waals surface area contributed by atoms with Crippen molar-refractivity contribution in [1.82, 2.24) is 4.31 Å². The number of hydrogen-bond donors (Lipinski definition) is 0. The van der Waals surface area contributed by atoms with Crippen molar-refractivity contribution in [1.29, 1.82) is 5.26 Å². The van der Waals surface area contributed by atoms with Crippen LogP contribution in [0.2, 0.25) is 0 Å². The maximum atomic E-state index is 11.6. The Hall–Kier alpha value is -0.310. The number of nitriles is 1. The van der Waals surface area contributed by atoms with Crippen molar-refractivity contribution in [3.05, 3.63) is 0 Å². The average molecular weight is 239 g/mol. The first-order chi connectivity index (χ1) is 6.44. The van der Waals surface area contributed by atoms with Crippen LogP contribution >= 0.6 is 11.6 Å². The Morgan fingerprint density at radius 1 is 1.57 bits per heavy atom. The molecule has 0 rings (SSSR count). The molecule has 0 heterocycles.